The van der Waals surface area contributed by atoms with E-state index in [2.05, 4.69) is 10.9 Å². The number of terminal acetylenes is 1. The third-order valence-electron chi connectivity index (χ3n) is 2.78. The van der Waals surface area contributed by atoms with Gasteiger partial charge in [-0.1, -0.05) is 6.07 Å². The van der Waals surface area contributed by atoms with Crippen molar-refractivity contribution in [3.05, 3.63) is 29.6 Å². The molecule has 2 heterocycles. The topological polar surface area (TPSA) is 33.2 Å². The quantitative estimate of drug-likeness (QED) is 0.697. The molecule has 0 spiro atoms. The molecule has 3 nitrogen and oxygen atoms in total. The van der Waals surface area contributed by atoms with E-state index in [1.807, 2.05) is 25.3 Å². The first-order valence-electron chi connectivity index (χ1n) is 5.34. The zero-order chi connectivity index (χ0) is 11.5. The van der Waals surface area contributed by atoms with Gasteiger partial charge in [-0.2, -0.15) is 0 Å². The molecule has 0 aromatic carbocycles. The van der Waals surface area contributed by atoms with Crippen LogP contribution in [-0.4, -0.2) is 22.3 Å². The maximum Gasteiger partial charge on any atom is 0.224 e. The number of carbonyl (C=O) groups is 1. The minimum absolute atomic E-state index is 0.0675. The predicted octanol–water partition coefficient (Wildman–Crippen LogP) is 1.37. The molecular weight excluding hydrogens is 200 g/mol. The number of aromatic nitrogens is 1. The molecule has 0 saturated carbocycles. The van der Waals surface area contributed by atoms with Gasteiger partial charge in [-0.25, -0.2) is 0 Å². The van der Waals surface area contributed by atoms with Crippen molar-refractivity contribution in [1.82, 2.24) is 9.88 Å². The van der Waals surface area contributed by atoms with E-state index in [4.69, 9.17) is 6.42 Å². The average Bonchev–Trinajstić information content (AvgIpc) is 2.63. The highest BCUT2D eigenvalue weighted by atomic mass is 16.2. The molecule has 1 atom stereocenters. The van der Waals surface area contributed by atoms with Gasteiger partial charge in [0.2, 0.25) is 5.91 Å². The van der Waals surface area contributed by atoms with E-state index in [1.54, 1.807) is 4.90 Å². The average molecular weight is 214 g/mol. The van der Waals surface area contributed by atoms with Crippen LogP contribution in [0.4, 0.5) is 0 Å². The summed E-state index contributed by atoms with van der Waals surface area (Å²) in [5.74, 6) is 2.83. The van der Waals surface area contributed by atoms with E-state index in [0.29, 0.717) is 19.5 Å². The predicted molar refractivity (Wildman–Crippen MR) is 61.3 cm³/mol. The maximum absolute atomic E-state index is 11.6. The summed E-state index contributed by atoms with van der Waals surface area (Å²) in [6.45, 7) is 3.22. The fourth-order valence-corrected chi connectivity index (χ4v) is 1.82. The Kier molecular flexibility index (Phi) is 2.91. The Morgan fingerprint density at radius 1 is 1.62 bits per heavy atom. The summed E-state index contributed by atoms with van der Waals surface area (Å²) in [5, 5.41) is 0. The van der Waals surface area contributed by atoms with Crippen LogP contribution >= 0.6 is 0 Å². The molecular formula is C13H14N2O. The number of rotatable bonds is 2. The van der Waals surface area contributed by atoms with Crippen LogP contribution < -0.4 is 0 Å². The van der Waals surface area contributed by atoms with Crippen LogP contribution in [0.3, 0.4) is 0 Å². The summed E-state index contributed by atoms with van der Waals surface area (Å²) in [7, 11) is 0. The molecule has 1 saturated heterocycles. The Hall–Kier alpha value is -1.82. The Morgan fingerprint density at radius 2 is 2.44 bits per heavy atom. The van der Waals surface area contributed by atoms with Gasteiger partial charge in [0.05, 0.1) is 12.2 Å². The van der Waals surface area contributed by atoms with Crippen molar-refractivity contribution in [3.8, 4) is 12.3 Å². The van der Waals surface area contributed by atoms with Crippen molar-refractivity contribution < 1.29 is 4.79 Å². The van der Waals surface area contributed by atoms with Gasteiger partial charge in [0.25, 0.3) is 0 Å². The van der Waals surface area contributed by atoms with Crippen LogP contribution in [0.2, 0.25) is 0 Å². The highest BCUT2D eigenvalue weighted by molar-refractivity contribution is 5.79. The highest BCUT2D eigenvalue weighted by Crippen LogP contribution is 2.18. The number of amides is 1. The summed E-state index contributed by atoms with van der Waals surface area (Å²) in [6.07, 6.45) is 7.62. The van der Waals surface area contributed by atoms with Gasteiger partial charge in [-0.3, -0.25) is 9.78 Å². The minimum Gasteiger partial charge on any atom is -0.336 e. The lowest BCUT2D eigenvalue weighted by Gasteiger charge is -2.15. The number of carbonyl (C=O) groups excluding carboxylic acids is 1. The van der Waals surface area contributed by atoms with Crippen molar-refractivity contribution in [2.45, 2.75) is 19.9 Å². The third-order valence-corrected chi connectivity index (χ3v) is 2.78. The van der Waals surface area contributed by atoms with E-state index in [9.17, 15) is 4.79 Å². The lowest BCUT2D eigenvalue weighted by Crippen LogP contribution is -2.24. The molecule has 1 aromatic heterocycles. The molecule has 16 heavy (non-hydrogen) atoms. The second-order valence-electron chi connectivity index (χ2n) is 4.17. The lowest BCUT2D eigenvalue weighted by atomic mass is 10.1. The molecule has 1 aromatic rings. The normalized spacial score (nSPS) is 19.9. The number of pyridine rings is 1. The van der Waals surface area contributed by atoms with E-state index >= 15 is 0 Å². The van der Waals surface area contributed by atoms with Gasteiger partial charge in [0.1, 0.15) is 0 Å². The van der Waals surface area contributed by atoms with Crippen LogP contribution in [0.5, 0.6) is 0 Å². The third kappa shape index (κ3) is 2.22. The first-order valence-corrected chi connectivity index (χ1v) is 5.34. The van der Waals surface area contributed by atoms with E-state index in [0.717, 1.165) is 11.3 Å². The second-order valence-corrected chi connectivity index (χ2v) is 4.17. The Morgan fingerprint density at radius 3 is 3.00 bits per heavy atom. The van der Waals surface area contributed by atoms with Crippen molar-refractivity contribution >= 4 is 5.91 Å². The number of hydrogen-bond donors (Lipinski definition) is 0. The Labute approximate surface area is 95.5 Å². The van der Waals surface area contributed by atoms with Crippen molar-refractivity contribution in [2.75, 3.05) is 6.54 Å². The number of likely N-dealkylation sites (tertiary alicyclic amines) is 1. The summed E-state index contributed by atoms with van der Waals surface area (Å²) in [5.41, 5.74) is 2.04. The van der Waals surface area contributed by atoms with Crippen LogP contribution in [0.25, 0.3) is 0 Å². The summed E-state index contributed by atoms with van der Waals surface area (Å²) < 4.78 is 0. The molecule has 0 N–H and O–H groups in total. The van der Waals surface area contributed by atoms with Gasteiger partial charge in [0, 0.05) is 25.1 Å². The molecule has 0 bridgehead atoms. The molecule has 1 fully saturated rings. The fraction of sp³-hybridized carbons (Fsp3) is 0.385. The summed E-state index contributed by atoms with van der Waals surface area (Å²) >= 11 is 0. The number of hydrogen-bond acceptors (Lipinski definition) is 2. The molecule has 82 valence electrons. The second kappa shape index (κ2) is 4.36. The SMILES string of the molecule is C#CC1CC(=O)N(Cc2ccc(C)cn2)C1. The lowest BCUT2D eigenvalue weighted by molar-refractivity contribution is -0.128. The maximum atomic E-state index is 11.6. The zero-order valence-electron chi connectivity index (χ0n) is 9.31. The zero-order valence-corrected chi connectivity index (χ0v) is 9.31. The summed E-state index contributed by atoms with van der Waals surface area (Å²) in [4.78, 5) is 17.7. The van der Waals surface area contributed by atoms with Gasteiger partial charge < -0.3 is 4.90 Å². The van der Waals surface area contributed by atoms with Gasteiger partial charge in [-0.15, -0.1) is 12.3 Å². The van der Waals surface area contributed by atoms with Crippen molar-refractivity contribution in [3.63, 3.8) is 0 Å². The molecule has 0 radical (unpaired) electrons. The molecule has 2 rings (SSSR count). The monoisotopic (exact) mass is 214 g/mol. The standard InChI is InChI=1S/C13H14N2O/c1-3-11-6-13(16)15(8-11)9-12-5-4-10(2)7-14-12/h1,4-5,7,11H,6,8-9H2,2H3. The van der Waals surface area contributed by atoms with Gasteiger partial charge >= 0.3 is 0 Å². The molecule has 1 aliphatic heterocycles. The van der Waals surface area contributed by atoms with Crippen molar-refractivity contribution in [2.24, 2.45) is 5.92 Å². The highest BCUT2D eigenvalue weighted by Gasteiger charge is 2.28. The Balaban J connectivity index is 2.03. The van der Waals surface area contributed by atoms with Crippen LogP contribution in [0.1, 0.15) is 17.7 Å². The molecule has 1 aliphatic rings. The fourth-order valence-electron chi connectivity index (χ4n) is 1.82. The van der Waals surface area contributed by atoms with Crippen LogP contribution in [-0.2, 0) is 11.3 Å². The van der Waals surface area contributed by atoms with E-state index in [-0.39, 0.29) is 11.8 Å². The molecule has 3 heteroatoms. The molecule has 1 amide bonds. The van der Waals surface area contributed by atoms with Crippen LogP contribution in [0.15, 0.2) is 18.3 Å². The summed E-state index contributed by atoms with van der Waals surface area (Å²) in [6, 6.07) is 3.95. The molecule has 0 aliphatic carbocycles. The minimum atomic E-state index is 0.0675. The first kappa shape index (κ1) is 10.7. The van der Waals surface area contributed by atoms with Crippen molar-refractivity contribution in [1.29, 1.82) is 0 Å². The Bertz CT molecular complexity index is 430. The van der Waals surface area contributed by atoms with E-state index < -0.39 is 0 Å². The smallest absolute Gasteiger partial charge is 0.224 e. The van der Waals surface area contributed by atoms with Gasteiger partial charge in [-0.05, 0) is 18.6 Å². The molecule has 1 unspecified atom stereocenters. The number of nitrogens with zero attached hydrogens (tertiary/aromatic N) is 2. The van der Waals surface area contributed by atoms with E-state index in [1.165, 1.54) is 0 Å². The van der Waals surface area contributed by atoms with Gasteiger partial charge in [0.15, 0.2) is 0 Å². The van der Waals surface area contributed by atoms with Crippen LogP contribution in [0, 0.1) is 25.2 Å². The largest absolute Gasteiger partial charge is 0.336 e. The first-order chi connectivity index (χ1) is 7.69. The number of aryl methyl sites for hydroxylation is 1.